The maximum absolute atomic E-state index is 11.9. The van der Waals surface area contributed by atoms with E-state index in [9.17, 15) is 9.59 Å². The lowest BCUT2D eigenvalue weighted by molar-refractivity contribution is -0.789. The summed E-state index contributed by atoms with van der Waals surface area (Å²) in [6, 6.07) is 0. The molecule has 5 heteroatoms. The third kappa shape index (κ3) is 4.87. The minimum atomic E-state index is -0.391. The quantitative estimate of drug-likeness (QED) is 0.733. The summed E-state index contributed by atoms with van der Waals surface area (Å²) < 4.78 is 4.67. The van der Waals surface area contributed by atoms with Crippen molar-refractivity contribution in [3.8, 4) is 0 Å². The number of nitrogens with one attached hydrogen (secondary N) is 1. The fourth-order valence-electron chi connectivity index (χ4n) is 1.77. The number of nitrogens with zero attached hydrogens (tertiary/aromatic N) is 1. The van der Waals surface area contributed by atoms with Gasteiger partial charge in [0.2, 0.25) is 5.70 Å². The molecule has 0 bridgehead atoms. The molecule has 1 amide bonds. The minimum Gasteiger partial charge on any atom is -0.462 e. The van der Waals surface area contributed by atoms with Crippen LogP contribution in [0.1, 0.15) is 27.7 Å². The van der Waals surface area contributed by atoms with Crippen molar-refractivity contribution in [1.82, 2.24) is 4.90 Å². The Morgan fingerprint density at radius 3 is 2.32 bits per heavy atom. The summed E-state index contributed by atoms with van der Waals surface area (Å²) in [6.45, 7) is 9.49. The van der Waals surface area contributed by atoms with Gasteiger partial charge in [-0.1, -0.05) is 13.8 Å². The Hall–Kier alpha value is -1.62. The number of hydrogen-bond donors (Lipinski definition) is 1. The van der Waals surface area contributed by atoms with Gasteiger partial charge in [-0.05, 0) is 19.9 Å². The monoisotopic (exact) mass is 269 g/mol. The zero-order chi connectivity index (χ0) is 14.8. The van der Waals surface area contributed by atoms with E-state index < -0.39 is 5.97 Å². The number of rotatable bonds is 5. The summed E-state index contributed by atoms with van der Waals surface area (Å²) in [6.07, 6.45) is 5.22. The van der Waals surface area contributed by atoms with Crippen LogP contribution in [-0.2, 0) is 14.3 Å². The number of esters is 1. The molecule has 1 aliphatic rings. The lowest BCUT2D eigenvalue weighted by atomic mass is 10.3. The number of carbonyl (C=O) groups is 2. The Balaban J connectivity index is 0.00000154. The molecule has 0 saturated carbocycles. The fraction of sp³-hybridized carbons (Fsp3) is 0.571. The van der Waals surface area contributed by atoms with Crippen molar-refractivity contribution in [1.29, 1.82) is 0 Å². The Labute approximate surface area is 115 Å². The molecule has 5 nitrogen and oxygen atoms in total. The predicted octanol–water partition coefficient (Wildman–Crippen LogP) is 0.350. The number of likely N-dealkylation sites (N-methyl/N-ethyl adjacent to an activating group) is 1. The highest BCUT2D eigenvalue weighted by atomic mass is 16.5. The molecule has 0 aromatic rings. The molecule has 1 unspecified atom stereocenters. The van der Waals surface area contributed by atoms with Crippen molar-refractivity contribution < 1.29 is 19.2 Å². The maximum Gasteiger partial charge on any atom is 0.392 e. The molecule has 0 fully saturated rings. The normalized spacial score (nSPS) is 16.3. The van der Waals surface area contributed by atoms with Crippen LogP contribution in [-0.4, -0.2) is 43.5 Å². The van der Waals surface area contributed by atoms with Crippen molar-refractivity contribution in [3.05, 3.63) is 24.0 Å². The van der Waals surface area contributed by atoms with Crippen molar-refractivity contribution >= 4 is 11.9 Å². The SMILES string of the molecule is CC.CCN(CC)C(=O)C[NH+]1C=CC=C1C(=O)OC. The summed E-state index contributed by atoms with van der Waals surface area (Å²) in [5.74, 6) is -0.358. The van der Waals surface area contributed by atoms with Crippen molar-refractivity contribution in [2.75, 3.05) is 26.7 Å². The average Bonchev–Trinajstić information content (AvgIpc) is 2.89. The maximum atomic E-state index is 11.9. The van der Waals surface area contributed by atoms with Crippen molar-refractivity contribution in [2.45, 2.75) is 27.7 Å². The van der Waals surface area contributed by atoms with Gasteiger partial charge in [0.15, 0.2) is 6.54 Å². The third-order valence-electron chi connectivity index (χ3n) is 2.77. The molecular weight excluding hydrogens is 244 g/mol. The van der Waals surface area contributed by atoms with Crippen LogP contribution < -0.4 is 4.90 Å². The Morgan fingerprint density at radius 2 is 1.84 bits per heavy atom. The van der Waals surface area contributed by atoms with Crippen LogP contribution in [0, 0.1) is 0 Å². The Morgan fingerprint density at radius 1 is 1.26 bits per heavy atom. The molecule has 1 N–H and O–H groups in total. The van der Waals surface area contributed by atoms with E-state index in [1.807, 2.05) is 27.7 Å². The van der Waals surface area contributed by atoms with E-state index in [1.165, 1.54) is 7.11 Å². The first-order valence-corrected chi connectivity index (χ1v) is 6.74. The van der Waals surface area contributed by atoms with E-state index in [2.05, 4.69) is 4.74 Å². The molecule has 108 valence electrons. The highest BCUT2D eigenvalue weighted by Gasteiger charge is 2.28. The van der Waals surface area contributed by atoms with Gasteiger partial charge in [-0.25, -0.2) is 4.79 Å². The van der Waals surface area contributed by atoms with Gasteiger partial charge in [-0.2, -0.15) is 0 Å². The number of quaternary nitrogens is 1. The van der Waals surface area contributed by atoms with E-state index in [0.29, 0.717) is 18.8 Å². The van der Waals surface area contributed by atoms with Crippen LogP contribution in [0.25, 0.3) is 0 Å². The largest absolute Gasteiger partial charge is 0.462 e. The number of carbonyl (C=O) groups excluding carboxylic acids is 2. The van der Waals surface area contributed by atoms with Crippen molar-refractivity contribution in [3.63, 3.8) is 0 Å². The van der Waals surface area contributed by atoms with Gasteiger partial charge in [-0.15, -0.1) is 0 Å². The highest BCUT2D eigenvalue weighted by molar-refractivity contribution is 5.87. The molecule has 0 radical (unpaired) electrons. The molecule has 0 aromatic heterocycles. The Bertz CT molecular complexity index is 358. The predicted molar refractivity (Wildman–Crippen MR) is 74.3 cm³/mol. The first-order chi connectivity index (χ1) is 9.13. The molecule has 0 aromatic carbocycles. The average molecular weight is 269 g/mol. The van der Waals surface area contributed by atoms with Crippen LogP contribution in [0.2, 0.25) is 0 Å². The second kappa shape index (κ2) is 9.33. The van der Waals surface area contributed by atoms with Crippen LogP contribution in [0.15, 0.2) is 24.0 Å². The zero-order valence-electron chi connectivity index (χ0n) is 12.5. The minimum absolute atomic E-state index is 0.0337. The summed E-state index contributed by atoms with van der Waals surface area (Å²) >= 11 is 0. The van der Waals surface area contributed by atoms with E-state index >= 15 is 0 Å². The first-order valence-electron chi connectivity index (χ1n) is 6.74. The van der Waals surface area contributed by atoms with Gasteiger partial charge < -0.3 is 9.64 Å². The highest BCUT2D eigenvalue weighted by Crippen LogP contribution is 1.95. The standard InChI is InChI=1S/C12H18N2O3.C2H6/c1-4-13(5-2)11(15)9-14-8-6-7-10(14)12(16)17-3;1-2/h6-8H,4-5,9H2,1-3H3;1-2H3/p+1. The molecule has 19 heavy (non-hydrogen) atoms. The van der Waals surface area contributed by atoms with Gasteiger partial charge in [0.1, 0.15) is 6.20 Å². The molecule has 0 saturated heterocycles. The number of ether oxygens (including phenoxy) is 1. The molecule has 1 heterocycles. The third-order valence-corrected chi connectivity index (χ3v) is 2.77. The number of amides is 1. The molecule has 1 rings (SSSR count). The van der Waals surface area contributed by atoms with Crippen LogP contribution in [0.5, 0.6) is 0 Å². The summed E-state index contributed by atoms with van der Waals surface area (Å²) in [5.41, 5.74) is 0.480. The van der Waals surface area contributed by atoms with E-state index in [-0.39, 0.29) is 12.5 Å². The second-order valence-corrected chi connectivity index (χ2v) is 3.70. The van der Waals surface area contributed by atoms with Gasteiger partial charge in [0, 0.05) is 19.2 Å². The summed E-state index contributed by atoms with van der Waals surface area (Å²) in [4.78, 5) is 25.8. The first kappa shape index (κ1) is 17.4. The summed E-state index contributed by atoms with van der Waals surface area (Å²) in [7, 11) is 1.34. The Kier molecular flexibility index (Phi) is 8.53. The lowest BCUT2D eigenvalue weighted by Gasteiger charge is -2.20. The summed E-state index contributed by atoms with van der Waals surface area (Å²) in [5, 5.41) is 0. The van der Waals surface area contributed by atoms with Gasteiger partial charge in [-0.3, -0.25) is 9.69 Å². The van der Waals surface area contributed by atoms with Crippen molar-refractivity contribution in [2.24, 2.45) is 0 Å². The lowest BCUT2D eigenvalue weighted by Crippen LogP contribution is -3.07. The van der Waals surface area contributed by atoms with Gasteiger partial charge >= 0.3 is 5.97 Å². The topological polar surface area (TPSA) is 51.1 Å². The second-order valence-electron chi connectivity index (χ2n) is 3.70. The van der Waals surface area contributed by atoms with Gasteiger partial charge in [0.25, 0.3) is 5.91 Å². The molecule has 0 aliphatic carbocycles. The molecule has 0 spiro atoms. The van der Waals surface area contributed by atoms with E-state index in [4.69, 9.17) is 0 Å². The smallest absolute Gasteiger partial charge is 0.392 e. The van der Waals surface area contributed by atoms with E-state index in [1.54, 1.807) is 23.3 Å². The number of hydrogen-bond acceptors (Lipinski definition) is 3. The molecular formula is C14H25N2O3+. The van der Waals surface area contributed by atoms with E-state index in [0.717, 1.165) is 4.90 Å². The van der Waals surface area contributed by atoms with Crippen LogP contribution in [0.3, 0.4) is 0 Å². The molecule has 1 atom stereocenters. The number of methoxy groups -OCH3 is 1. The van der Waals surface area contributed by atoms with Gasteiger partial charge in [0.05, 0.1) is 7.11 Å². The number of allylic oxidation sites excluding steroid dienone is 2. The fourth-order valence-corrected chi connectivity index (χ4v) is 1.77. The van der Waals surface area contributed by atoms with Crippen LogP contribution >= 0.6 is 0 Å². The zero-order valence-corrected chi connectivity index (χ0v) is 12.5. The van der Waals surface area contributed by atoms with Crippen LogP contribution in [0.4, 0.5) is 0 Å². The molecule has 1 aliphatic heterocycles.